The van der Waals surface area contributed by atoms with Gasteiger partial charge in [-0.1, -0.05) is 23.7 Å². The fraction of sp³-hybridized carbons (Fsp3) is 0.304. The lowest BCUT2D eigenvalue weighted by atomic mass is 10.0. The van der Waals surface area contributed by atoms with E-state index in [4.69, 9.17) is 21.7 Å². The van der Waals surface area contributed by atoms with Crippen molar-refractivity contribution < 1.29 is 9.90 Å². The number of aliphatic carboxylic acids is 1. The van der Waals surface area contributed by atoms with Crippen LogP contribution in [0.4, 0.5) is 11.6 Å². The standard InChI is InChI=1S/C23H24ClN7O2/c1-15(27-20-5-7-25-19-6-8-26-31(19)20)17-13-16-3-2-4-18(24)22(16)28-23(17)30-11-9-29(10-12-30)14-21(32)33/h2-8,13,15,27H,9-12,14H2,1H3,(H,32,33)/t15-/m0/s1. The van der Waals surface area contributed by atoms with Gasteiger partial charge in [-0.05, 0) is 25.1 Å². The first-order valence-electron chi connectivity index (χ1n) is 10.8. The van der Waals surface area contributed by atoms with Gasteiger partial charge in [0.15, 0.2) is 5.65 Å². The van der Waals surface area contributed by atoms with E-state index in [1.165, 1.54) is 0 Å². The maximum Gasteiger partial charge on any atom is 0.317 e. The average molecular weight is 466 g/mol. The number of hydrogen-bond acceptors (Lipinski definition) is 7. The molecule has 0 saturated carbocycles. The fourth-order valence-electron chi connectivity index (χ4n) is 4.29. The summed E-state index contributed by atoms with van der Waals surface area (Å²) in [6.07, 6.45) is 3.48. The predicted molar refractivity (Wildman–Crippen MR) is 128 cm³/mol. The molecular formula is C23H24ClN7O2. The van der Waals surface area contributed by atoms with Crippen molar-refractivity contribution in [2.75, 3.05) is 42.9 Å². The third kappa shape index (κ3) is 4.29. The van der Waals surface area contributed by atoms with Gasteiger partial charge in [-0.2, -0.15) is 9.61 Å². The number of aromatic nitrogens is 4. The lowest BCUT2D eigenvalue weighted by Crippen LogP contribution is -2.48. The second kappa shape index (κ2) is 8.84. The Morgan fingerprint density at radius 3 is 2.79 bits per heavy atom. The molecule has 0 unspecified atom stereocenters. The number of fused-ring (bicyclic) bond motifs is 2. The molecule has 1 aliphatic rings. The second-order valence-electron chi connectivity index (χ2n) is 8.17. The first kappa shape index (κ1) is 21.4. The number of anilines is 2. The zero-order valence-corrected chi connectivity index (χ0v) is 18.9. The lowest BCUT2D eigenvalue weighted by Gasteiger charge is -2.36. The molecule has 1 atom stereocenters. The Hall–Kier alpha value is -3.43. The molecule has 4 heterocycles. The van der Waals surface area contributed by atoms with Crippen LogP contribution in [0.15, 0.2) is 48.8 Å². The minimum atomic E-state index is -0.806. The summed E-state index contributed by atoms with van der Waals surface area (Å²) in [5.74, 6) is 0.886. The molecule has 4 aromatic rings. The van der Waals surface area contributed by atoms with Crippen LogP contribution in [0.1, 0.15) is 18.5 Å². The van der Waals surface area contributed by atoms with Gasteiger partial charge >= 0.3 is 5.97 Å². The van der Waals surface area contributed by atoms with E-state index in [2.05, 4.69) is 33.3 Å². The predicted octanol–water partition coefficient (Wildman–Crippen LogP) is 3.31. The van der Waals surface area contributed by atoms with Crippen LogP contribution in [-0.2, 0) is 4.79 Å². The lowest BCUT2D eigenvalue weighted by molar-refractivity contribution is -0.138. The minimum Gasteiger partial charge on any atom is -0.480 e. The van der Waals surface area contributed by atoms with Gasteiger partial charge in [0.2, 0.25) is 0 Å². The number of halogens is 1. The van der Waals surface area contributed by atoms with Crippen LogP contribution >= 0.6 is 11.6 Å². The van der Waals surface area contributed by atoms with Crippen LogP contribution in [0.3, 0.4) is 0 Å². The first-order chi connectivity index (χ1) is 16.0. The number of hydrogen-bond donors (Lipinski definition) is 2. The Balaban J connectivity index is 1.50. The zero-order valence-electron chi connectivity index (χ0n) is 18.1. The van der Waals surface area contributed by atoms with E-state index in [9.17, 15) is 4.79 Å². The van der Waals surface area contributed by atoms with Crippen molar-refractivity contribution in [1.82, 2.24) is 24.5 Å². The van der Waals surface area contributed by atoms with Crippen LogP contribution in [0.25, 0.3) is 16.6 Å². The van der Waals surface area contributed by atoms with Crippen LogP contribution in [0, 0.1) is 0 Å². The van der Waals surface area contributed by atoms with E-state index in [0.717, 1.165) is 33.7 Å². The van der Waals surface area contributed by atoms with Crippen LogP contribution in [0.2, 0.25) is 5.02 Å². The highest BCUT2D eigenvalue weighted by Gasteiger charge is 2.24. The molecule has 0 radical (unpaired) electrons. The molecule has 1 fully saturated rings. The number of rotatable bonds is 6. The normalized spacial score (nSPS) is 15.8. The van der Waals surface area contributed by atoms with Crippen molar-refractivity contribution in [3.05, 3.63) is 59.4 Å². The summed E-state index contributed by atoms with van der Waals surface area (Å²) in [5.41, 5.74) is 2.57. The van der Waals surface area contributed by atoms with Crippen molar-refractivity contribution in [3.63, 3.8) is 0 Å². The Morgan fingerprint density at radius 1 is 1.18 bits per heavy atom. The zero-order chi connectivity index (χ0) is 22.9. The SMILES string of the molecule is C[C@H](Nc1ccnc2ccnn12)c1cc2cccc(Cl)c2nc1N1CCN(CC(=O)O)CC1. The van der Waals surface area contributed by atoms with Crippen LogP contribution in [0.5, 0.6) is 0 Å². The van der Waals surface area contributed by atoms with Gasteiger partial charge < -0.3 is 15.3 Å². The molecule has 0 spiro atoms. The maximum absolute atomic E-state index is 11.1. The molecule has 1 aromatic carbocycles. The summed E-state index contributed by atoms with van der Waals surface area (Å²) >= 11 is 6.47. The maximum atomic E-state index is 11.1. The van der Waals surface area contributed by atoms with Gasteiger partial charge in [0.05, 0.1) is 29.3 Å². The highest BCUT2D eigenvalue weighted by Crippen LogP contribution is 2.33. The number of piperazine rings is 1. The quantitative estimate of drug-likeness (QED) is 0.447. The van der Waals surface area contributed by atoms with Gasteiger partial charge in [-0.25, -0.2) is 9.97 Å². The van der Waals surface area contributed by atoms with Gasteiger partial charge in [0.25, 0.3) is 0 Å². The van der Waals surface area contributed by atoms with Gasteiger partial charge in [0.1, 0.15) is 11.6 Å². The molecule has 1 saturated heterocycles. The van der Waals surface area contributed by atoms with Crippen molar-refractivity contribution in [1.29, 1.82) is 0 Å². The molecule has 10 heteroatoms. The molecule has 170 valence electrons. The number of carboxylic acids is 1. The second-order valence-corrected chi connectivity index (χ2v) is 8.57. The highest BCUT2D eigenvalue weighted by molar-refractivity contribution is 6.35. The molecule has 0 bridgehead atoms. The molecule has 3 aromatic heterocycles. The summed E-state index contributed by atoms with van der Waals surface area (Å²) in [7, 11) is 0. The van der Waals surface area contributed by atoms with E-state index in [1.807, 2.05) is 35.2 Å². The average Bonchev–Trinajstić information content (AvgIpc) is 3.29. The summed E-state index contributed by atoms with van der Waals surface area (Å²) < 4.78 is 1.77. The summed E-state index contributed by atoms with van der Waals surface area (Å²) in [4.78, 5) is 24.6. The van der Waals surface area contributed by atoms with Gasteiger partial charge in [-0.15, -0.1) is 0 Å². The van der Waals surface area contributed by atoms with Gasteiger partial charge in [-0.3, -0.25) is 9.69 Å². The molecule has 33 heavy (non-hydrogen) atoms. The molecule has 0 amide bonds. The number of carbonyl (C=O) groups is 1. The van der Waals surface area contributed by atoms with Crippen LogP contribution < -0.4 is 10.2 Å². The van der Waals surface area contributed by atoms with Crippen LogP contribution in [-0.4, -0.2) is 68.3 Å². The number of pyridine rings is 1. The van der Waals surface area contributed by atoms with Crippen molar-refractivity contribution in [3.8, 4) is 0 Å². The smallest absolute Gasteiger partial charge is 0.317 e. The molecule has 9 nitrogen and oxygen atoms in total. The van der Waals surface area contributed by atoms with Crippen molar-refractivity contribution in [2.45, 2.75) is 13.0 Å². The van der Waals surface area contributed by atoms with E-state index in [-0.39, 0.29) is 12.6 Å². The molecule has 2 N–H and O–H groups in total. The first-order valence-corrected chi connectivity index (χ1v) is 11.2. The fourth-order valence-corrected chi connectivity index (χ4v) is 4.52. The molecule has 1 aliphatic heterocycles. The summed E-state index contributed by atoms with van der Waals surface area (Å²) in [6.45, 7) is 4.84. The topological polar surface area (TPSA) is 98.9 Å². The van der Waals surface area contributed by atoms with E-state index in [0.29, 0.717) is 31.2 Å². The summed E-state index contributed by atoms with van der Waals surface area (Å²) in [5, 5.41) is 18.6. The number of benzene rings is 1. The monoisotopic (exact) mass is 465 g/mol. The third-order valence-electron chi connectivity index (χ3n) is 5.96. The Kier molecular flexibility index (Phi) is 5.74. The third-order valence-corrected chi connectivity index (χ3v) is 6.26. The van der Waals surface area contributed by atoms with E-state index < -0.39 is 5.97 Å². The van der Waals surface area contributed by atoms with Crippen molar-refractivity contribution in [2.24, 2.45) is 0 Å². The number of nitrogens with zero attached hydrogens (tertiary/aromatic N) is 6. The molecule has 0 aliphatic carbocycles. The Labute approximate surface area is 195 Å². The number of nitrogens with one attached hydrogen (secondary N) is 1. The highest BCUT2D eigenvalue weighted by atomic mass is 35.5. The largest absolute Gasteiger partial charge is 0.480 e. The molecule has 5 rings (SSSR count). The van der Waals surface area contributed by atoms with E-state index >= 15 is 0 Å². The Bertz CT molecular complexity index is 1320. The number of para-hydroxylation sites is 1. The minimum absolute atomic E-state index is 0.0531. The summed E-state index contributed by atoms with van der Waals surface area (Å²) in [6, 6.07) is 11.6. The Morgan fingerprint density at radius 2 is 2.00 bits per heavy atom. The van der Waals surface area contributed by atoms with Gasteiger partial charge in [0, 0.05) is 49.4 Å². The number of carboxylic acid groups (broad SMARTS) is 1. The van der Waals surface area contributed by atoms with E-state index in [1.54, 1.807) is 16.9 Å². The molecular weight excluding hydrogens is 442 g/mol. The van der Waals surface area contributed by atoms with Crippen molar-refractivity contribution >= 4 is 45.8 Å².